The van der Waals surface area contributed by atoms with Crippen LogP contribution in [0, 0.1) is 0 Å². The van der Waals surface area contributed by atoms with Gasteiger partial charge in [-0.1, -0.05) is 30.3 Å². The number of hydrogen-bond acceptors (Lipinski definition) is 4. The smallest absolute Gasteiger partial charge is 0.213 e. The molecule has 1 aliphatic rings. The van der Waals surface area contributed by atoms with E-state index in [1.165, 1.54) is 0 Å². The Labute approximate surface area is 154 Å². The molecule has 3 aromatic rings. The van der Waals surface area contributed by atoms with E-state index in [0.717, 1.165) is 48.2 Å². The molecule has 0 bridgehead atoms. The summed E-state index contributed by atoms with van der Waals surface area (Å²) in [5.74, 6) is 1.22. The van der Waals surface area contributed by atoms with E-state index in [1.807, 2.05) is 36.4 Å². The average Bonchev–Trinajstić information content (AvgIpc) is 2.67. The van der Waals surface area contributed by atoms with Gasteiger partial charge >= 0.3 is 0 Å². The number of pyridine rings is 2. The highest BCUT2D eigenvalue weighted by Crippen LogP contribution is 2.25. The van der Waals surface area contributed by atoms with E-state index in [-0.39, 0.29) is 12.4 Å². The van der Waals surface area contributed by atoms with Gasteiger partial charge in [0.25, 0.3) is 0 Å². The Kier molecular flexibility index (Phi) is 5.84. The summed E-state index contributed by atoms with van der Waals surface area (Å²) in [4.78, 5) is 9.34. The summed E-state index contributed by atoms with van der Waals surface area (Å²) in [5.41, 5.74) is 3.05. The lowest BCUT2D eigenvalue weighted by Crippen LogP contribution is -2.27. The number of aromatic nitrogens is 2. The molecule has 3 heterocycles. The maximum atomic E-state index is 5.88. The maximum absolute atomic E-state index is 5.88. The number of piperidine rings is 1. The zero-order chi connectivity index (χ0) is 16.2. The molecule has 5 heteroatoms. The van der Waals surface area contributed by atoms with E-state index in [1.54, 1.807) is 0 Å². The van der Waals surface area contributed by atoms with Crippen LogP contribution in [0.4, 0.5) is 0 Å². The first-order valence-corrected chi connectivity index (χ1v) is 8.54. The molecule has 4 nitrogen and oxygen atoms in total. The first kappa shape index (κ1) is 17.6. The average molecular weight is 356 g/mol. The quantitative estimate of drug-likeness (QED) is 0.765. The molecule has 1 aliphatic heterocycles. The van der Waals surface area contributed by atoms with Crippen molar-refractivity contribution in [1.82, 2.24) is 15.3 Å². The molecule has 1 N–H and O–H groups in total. The predicted octanol–water partition coefficient (Wildman–Crippen LogP) is 4.10. The molecule has 0 amide bonds. The molecular formula is C20H22ClN3O. The van der Waals surface area contributed by atoms with Crippen molar-refractivity contribution in [3.8, 4) is 5.88 Å². The van der Waals surface area contributed by atoms with Gasteiger partial charge in [0.2, 0.25) is 5.88 Å². The molecule has 130 valence electrons. The predicted molar refractivity (Wildman–Crippen MR) is 102 cm³/mol. The van der Waals surface area contributed by atoms with Crippen LogP contribution in [-0.2, 0) is 6.61 Å². The first-order valence-electron chi connectivity index (χ1n) is 8.54. The third-order valence-corrected chi connectivity index (χ3v) is 4.53. The van der Waals surface area contributed by atoms with Crippen molar-refractivity contribution in [2.45, 2.75) is 25.4 Å². The topological polar surface area (TPSA) is 47.0 Å². The van der Waals surface area contributed by atoms with E-state index in [4.69, 9.17) is 9.72 Å². The highest BCUT2D eigenvalue weighted by molar-refractivity contribution is 5.85. The van der Waals surface area contributed by atoms with Crippen molar-refractivity contribution in [3.63, 3.8) is 0 Å². The fourth-order valence-electron chi connectivity index (χ4n) is 3.19. The Morgan fingerprint density at radius 3 is 2.64 bits per heavy atom. The minimum absolute atomic E-state index is 0. The molecule has 1 fully saturated rings. The molecule has 0 atom stereocenters. The van der Waals surface area contributed by atoms with Crippen LogP contribution in [0.25, 0.3) is 10.9 Å². The number of para-hydroxylation sites is 1. The first-order chi connectivity index (χ1) is 11.9. The van der Waals surface area contributed by atoms with Crippen LogP contribution in [-0.4, -0.2) is 23.1 Å². The third kappa shape index (κ3) is 4.27. The summed E-state index contributed by atoms with van der Waals surface area (Å²) < 4.78 is 5.88. The molecular weight excluding hydrogens is 334 g/mol. The Hall–Kier alpha value is -2.17. The third-order valence-electron chi connectivity index (χ3n) is 4.53. The molecule has 0 unspecified atom stereocenters. The molecule has 0 aliphatic carbocycles. The highest BCUT2D eigenvalue weighted by atomic mass is 35.5. The molecule has 1 saturated heterocycles. The Bertz CT molecular complexity index is 834. The highest BCUT2D eigenvalue weighted by Gasteiger charge is 2.16. The van der Waals surface area contributed by atoms with Gasteiger partial charge in [-0.15, -0.1) is 12.4 Å². The Morgan fingerprint density at radius 2 is 1.76 bits per heavy atom. The summed E-state index contributed by atoms with van der Waals surface area (Å²) in [6.45, 7) is 2.57. The number of rotatable bonds is 4. The summed E-state index contributed by atoms with van der Waals surface area (Å²) in [5, 5.41) is 4.54. The van der Waals surface area contributed by atoms with Crippen LogP contribution >= 0.6 is 12.4 Å². The van der Waals surface area contributed by atoms with E-state index in [9.17, 15) is 0 Å². The largest absolute Gasteiger partial charge is 0.471 e. The zero-order valence-corrected chi connectivity index (χ0v) is 14.8. The van der Waals surface area contributed by atoms with Gasteiger partial charge in [0, 0.05) is 23.1 Å². The summed E-state index contributed by atoms with van der Waals surface area (Å²) in [7, 11) is 0. The van der Waals surface area contributed by atoms with E-state index < -0.39 is 0 Å². The lowest BCUT2D eigenvalue weighted by Gasteiger charge is -2.22. The number of nitrogens with zero attached hydrogens (tertiary/aromatic N) is 2. The zero-order valence-electron chi connectivity index (χ0n) is 14.0. The molecule has 4 rings (SSSR count). The van der Waals surface area contributed by atoms with Crippen LogP contribution in [0.2, 0.25) is 0 Å². The SMILES string of the molecule is Cl.c1cc(OCc2ccc3ccccc3n2)nc(C2CCNCC2)c1. The minimum Gasteiger partial charge on any atom is -0.471 e. The molecule has 0 radical (unpaired) electrons. The Balaban J connectivity index is 0.00000182. The second-order valence-corrected chi connectivity index (χ2v) is 6.21. The molecule has 1 aromatic carbocycles. The number of fused-ring (bicyclic) bond motifs is 1. The summed E-state index contributed by atoms with van der Waals surface area (Å²) in [6, 6.07) is 18.3. The van der Waals surface area contributed by atoms with Gasteiger partial charge < -0.3 is 10.1 Å². The monoisotopic (exact) mass is 355 g/mol. The fourth-order valence-corrected chi connectivity index (χ4v) is 3.19. The molecule has 0 spiro atoms. The maximum Gasteiger partial charge on any atom is 0.213 e. The van der Waals surface area contributed by atoms with E-state index >= 15 is 0 Å². The van der Waals surface area contributed by atoms with Crippen molar-refractivity contribution in [3.05, 3.63) is 66.0 Å². The standard InChI is InChI=1S/C20H21N3O.ClH/c1-2-5-18-15(4-1)8-9-17(22-18)14-24-20-7-3-6-19(23-20)16-10-12-21-13-11-16;/h1-9,16,21H,10-14H2;1H. The van der Waals surface area contributed by atoms with Crippen molar-refractivity contribution in [1.29, 1.82) is 0 Å². The van der Waals surface area contributed by atoms with Gasteiger partial charge in [-0.2, -0.15) is 0 Å². The van der Waals surface area contributed by atoms with Crippen molar-refractivity contribution >= 4 is 23.3 Å². The van der Waals surface area contributed by atoms with E-state index in [2.05, 4.69) is 28.5 Å². The van der Waals surface area contributed by atoms with Gasteiger partial charge in [-0.05, 0) is 44.1 Å². The van der Waals surface area contributed by atoms with Crippen LogP contribution in [0.5, 0.6) is 5.88 Å². The molecule has 0 saturated carbocycles. The van der Waals surface area contributed by atoms with Crippen LogP contribution in [0.15, 0.2) is 54.6 Å². The molecule has 25 heavy (non-hydrogen) atoms. The lowest BCUT2D eigenvalue weighted by molar-refractivity contribution is 0.287. The van der Waals surface area contributed by atoms with Crippen LogP contribution in [0.3, 0.4) is 0 Å². The van der Waals surface area contributed by atoms with Gasteiger partial charge in [0.15, 0.2) is 0 Å². The normalized spacial score (nSPS) is 14.9. The Morgan fingerprint density at radius 1 is 0.920 bits per heavy atom. The number of hydrogen-bond donors (Lipinski definition) is 1. The lowest BCUT2D eigenvalue weighted by atomic mass is 9.94. The van der Waals surface area contributed by atoms with Gasteiger partial charge in [-0.25, -0.2) is 9.97 Å². The van der Waals surface area contributed by atoms with Gasteiger partial charge in [-0.3, -0.25) is 0 Å². The number of nitrogens with one attached hydrogen (secondary N) is 1. The van der Waals surface area contributed by atoms with Gasteiger partial charge in [0.1, 0.15) is 6.61 Å². The summed E-state index contributed by atoms with van der Waals surface area (Å²) in [6.07, 6.45) is 2.28. The van der Waals surface area contributed by atoms with Crippen molar-refractivity contribution < 1.29 is 4.74 Å². The van der Waals surface area contributed by atoms with Gasteiger partial charge in [0.05, 0.1) is 11.2 Å². The van der Waals surface area contributed by atoms with Crippen LogP contribution in [0.1, 0.15) is 30.1 Å². The second kappa shape index (κ2) is 8.28. The van der Waals surface area contributed by atoms with Crippen molar-refractivity contribution in [2.24, 2.45) is 0 Å². The van der Waals surface area contributed by atoms with E-state index in [0.29, 0.717) is 18.4 Å². The number of benzene rings is 1. The number of ether oxygens (including phenoxy) is 1. The second-order valence-electron chi connectivity index (χ2n) is 6.21. The minimum atomic E-state index is 0. The van der Waals surface area contributed by atoms with Crippen molar-refractivity contribution in [2.75, 3.05) is 13.1 Å². The fraction of sp³-hybridized carbons (Fsp3) is 0.300. The number of halogens is 1. The van der Waals surface area contributed by atoms with Crippen LogP contribution < -0.4 is 10.1 Å². The summed E-state index contributed by atoms with van der Waals surface area (Å²) >= 11 is 0. The molecule has 2 aromatic heterocycles.